The third-order valence-electron chi connectivity index (χ3n) is 3.47. The van der Waals surface area contributed by atoms with Gasteiger partial charge in [0, 0.05) is 11.0 Å². The molecule has 0 aromatic rings. The summed E-state index contributed by atoms with van der Waals surface area (Å²) >= 11 is 0. The summed E-state index contributed by atoms with van der Waals surface area (Å²) in [6.45, 7) is 9.30. The average molecular weight is 306 g/mol. The first kappa shape index (κ1) is 18.2. The van der Waals surface area contributed by atoms with E-state index in [-0.39, 0.29) is 11.5 Å². The summed E-state index contributed by atoms with van der Waals surface area (Å²) in [5, 5.41) is 12.0. The van der Waals surface area contributed by atoms with Crippen molar-refractivity contribution in [1.29, 1.82) is 0 Å². The van der Waals surface area contributed by atoms with E-state index >= 15 is 0 Å². The van der Waals surface area contributed by atoms with Crippen LogP contribution in [0, 0.1) is 5.41 Å². The SMILES string of the molecule is CC(C)(N)CC(C)(C)C(=O)NC1(C)C=CC=C(C(=O)O)C=C1. The Labute approximate surface area is 132 Å². The molecule has 1 aliphatic carbocycles. The molecule has 0 saturated carbocycles. The van der Waals surface area contributed by atoms with Crippen LogP contribution in [0.25, 0.3) is 0 Å². The van der Waals surface area contributed by atoms with Gasteiger partial charge >= 0.3 is 5.97 Å². The van der Waals surface area contributed by atoms with Crippen LogP contribution in [-0.4, -0.2) is 28.1 Å². The molecule has 5 heteroatoms. The summed E-state index contributed by atoms with van der Waals surface area (Å²) in [5.74, 6) is -1.12. The molecule has 0 aliphatic heterocycles. The Balaban J connectivity index is 2.88. The zero-order chi connectivity index (χ0) is 17.2. The van der Waals surface area contributed by atoms with Gasteiger partial charge in [0.25, 0.3) is 0 Å². The van der Waals surface area contributed by atoms with Crippen LogP contribution in [0.15, 0.2) is 36.0 Å². The predicted molar refractivity (Wildman–Crippen MR) is 87.2 cm³/mol. The normalized spacial score (nSPS) is 22.0. The molecule has 0 spiro atoms. The van der Waals surface area contributed by atoms with Gasteiger partial charge in [0.05, 0.1) is 11.1 Å². The van der Waals surface area contributed by atoms with Crippen molar-refractivity contribution in [3.63, 3.8) is 0 Å². The summed E-state index contributed by atoms with van der Waals surface area (Å²) in [4.78, 5) is 23.6. The number of rotatable bonds is 5. The van der Waals surface area contributed by atoms with Gasteiger partial charge < -0.3 is 16.2 Å². The van der Waals surface area contributed by atoms with Crippen LogP contribution >= 0.6 is 0 Å². The monoisotopic (exact) mass is 306 g/mol. The maximum atomic E-state index is 12.6. The van der Waals surface area contributed by atoms with Crippen molar-refractivity contribution in [2.75, 3.05) is 0 Å². The fraction of sp³-hybridized carbons (Fsp3) is 0.529. The minimum absolute atomic E-state index is 0.124. The second-order valence-corrected chi connectivity index (χ2v) is 7.41. The number of hydrogen-bond acceptors (Lipinski definition) is 3. The smallest absolute Gasteiger partial charge is 0.335 e. The Morgan fingerprint density at radius 3 is 2.36 bits per heavy atom. The third-order valence-corrected chi connectivity index (χ3v) is 3.47. The van der Waals surface area contributed by atoms with Crippen LogP contribution < -0.4 is 11.1 Å². The molecular formula is C17H26N2O3. The first-order valence-corrected chi connectivity index (χ1v) is 7.28. The summed E-state index contributed by atoms with van der Waals surface area (Å²) in [5.41, 5.74) is 4.39. The third kappa shape index (κ3) is 5.15. The Bertz CT molecular complexity index is 551. The van der Waals surface area contributed by atoms with Gasteiger partial charge in [-0.3, -0.25) is 4.79 Å². The summed E-state index contributed by atoms with van der Waals surface area (Å²) in [6, 6.07) is 0. The van der Waals surface area contributed by atoms with Crippen molar-refractivity contribution in [1.82, 2.24) is 5.32 Å². The van der Waals surface area contributed by atoms with E-state index in [1.54, 1.807) is 18.2 Å². The molecule has 0 aromatic heterocycles. The number of allylic oxidation sites excluding steroid dienone is 2. The number of nitrogens with one attached hydrogen (secondary N) is 1. The number of carboxylic acids is 1. The highest BCUT2D eigenvalue weighted by Gasteiger charge is 2.35. The fourth-order valence-electron chi connectivity index (χ4n) is 2.58. The topological polar surface area (TPSA) is 92.4 Å². The van der Waals surface area contributed by atoms with Crippen molar-refractivity contribution in [3.05, 3.63) is 36.0 Å². The number of nitrogens with two attached hydrogens (primary N) is 1. The Hall–Kier alpha value is -1.88. The van der Waals surface area contributed by atoms with E-state index in [0.717, 1.165) is 0 Å². The lowest BCUT2D eigenvalue weighted by Gasteiger charge is -2.34. The maximum absolute atomic E-state index is 12.6. The van der Waals surface area contributed by atoms with Gasteiger partial charge in [-0.25, -0.2) is 4.79 Å². The summed E-state index contributed by atoms with van der Waals surface area (Å²) < 4.78 is 0. The van der Waals surface area contributed by atoms with Gasteiger partial charge in [0.1, 0.15) is 0 Å². The minimum atomic E-state index is -0.998. The molecule has 1 unspecified atom stereocenters. The van der Waals surface area contributed by atoms with Gasteiger partial charge in [-0.2, -0.15) is 0 Å². The molecule has 22 heavy (non-hydrogen) atoms. The molecule has 1 amide bonds. The summed E-state index contributed by atoms with van der Waals surface area (Å²) in [7, 11) is 0. The maximum Gasteiger partial charge on any atom is 0.335 e. The predicted octanol–water partition coefficient (Wildman–Crippen LogP) is 2.15. The van der Waals surface area contributed by atoms with E-state index < -0.39 is 22.5 Å². The molecule has 0 bridgehead atoms. The van der Waals surface area contributed by atoms with E-state index in [2.05, 4.69) is 5.32 Å². The number of aliphatic carboxylic acids is 1. The van der Waals surface area contributed by atoms with Crippen LogP contribution in [0.5, 0.6) is 0 Å². The average Bonchev–Trinajstić information content (AvgIpc) is 2.48. The number of amides is 1. The zero-order valence-electron chi connectivity index (χ0n) is 13.9. The van der Waals surface area contributed by atoms with Crippen molar-refractivity contribution in [2.24, 2.45) is 11.1 Å². The highest BCUT2D eigenvalue weighted by molar-refractivity contribution is 5.90. The molecule has 0 saturated heterocycles. The van der Waals surface area contributed by atoms with Crippen LogP contribution in [0.4, 0.5) is 0 Å². The molecule has 1 rings (SSSR count). The molecule has 122 valence electrons. The number of hydrogen-bond donors (Lipinski definition) is 3. The van der Waals surface area contributed by atoms with Crippen molar-refractivity contribution < 1.29 is 14.7 Å². The first-order valence-electron chi connectivity index (χ1n) is 7.28. The standard InChI is InChI=1S/C17H26N2O3/c1-15(2,11-16(3,4)18)14(22)19-17(5)9-6-7-12(8-10-17)13(20)21/h6-10H,11,18H2,1-5H3,(H,19,22)(H,20,21). The second-order valence-electron chi connectivity index (χ2n) is 7.41. The van der Waals surface area contributed by atoms with Crippen molar-refractivity contribution in [2.45, 2.75) is 52.1 Å². The van der Waals surface area contributed by atoms with Crippen molar-refractivity contribution in [3.8, 4) is 0 Å². The minimum Gasteiger partial charge on any atom is -0.478 e. The summed E-state index contributed by atoms with van der Waals surface area (Å²) in [6.07, 6.45) is 8.63. The van der Waals surface area contributed by atoms with Crippen molar-refractivity contribution >= 4 is 11.9 Å². The van der Waals surface area contributed by atoms with Crippen LogP contribution in [0.1, 0.15) is 41.0 Å². The van der Waals surface area contributed by atoms with Gasteiger partial charge in [0.15, 0.2) is 0 Å². The van der Waals surface area contributed by atoms with Gasteiger partial charge in [0.2, 0.25) is 5.91 Å². The Morgan fingerprint density at radius 2 is 1.86 bits per heavy atom. The molecule has 1 atom stereocenters. The molecular weight excluding hydrogens is 280 g/mol. The molecule has 5 nitrogen and oxygen atoms in total. The molecule has 0 aromatic carbocycles. The number of carbonyl (C=O) groups is 2. The largest absolute Gasteiger partial charge is 0.478 e. The van der Waals surface area contributed by atoms with E-state index in [4.69, 9.17) is 10.8 Å². The Morgan fingerprint density at radius 1 is 1.27 bits per heavy atom. The molecule has 0 heterocycles. The second kappa shape index (κ2) is 6.08. The number of carboxylic acid groups (broad SMARTS) is 1. The molecule has 0 fully saturated rings. The Kier molecular flexibility index (Phi) is 5.03. The van der Waals surface area contributed by atoms with E-state index in [1.807, 2.05) is 34.6 Å². The van der Waals surface area contributed by atoms with E-state index in [9.17, 15) is 9.59 Å². The lowest BCUT2D eigenvalue weighted by Crippen LogP contribution is -2.51. The van der Waals surface area contributed by atoms with E-state index in [1.165, 1.54) is 12.2 Å². The first-order chi connectivity index (χ1) is 9.85. The quantitative estimate of drug-likeness (QED) is 0.725. The molecule has 0 radical (unpaired) electrons. The zero-order valence-corrected chi connectivity index (χ0v) is 13.9. The lowest BCUT2D eigenvalue weighted by molar-refractivity contribution is -0.132. The highest BCUT2D eigenvalue weighted by Crippen LogP contribution is 2.28. The van der Waals surface area contributed by atoms with Gasteiger partial charge in [-0.15, -0.1) is 0 Å². The van der Waals surface area contributed by atoms with Crippen LogP contribution in [-0.2, 0) is 9.59 Å². The molecule has 1 aliphatic rings. The van der Waals surface area contributed by atoms with Crippen LogP contribution in [0.2, 0.25) is 0 Å². The molecule has 4 N–H and O–H groups in total. The highest BCUT2D eigenvalue weighted by atomic mass is 16.4. The number of carbonyl (C=O) groups excluding carboxylic acids is 1. The lowest BCUT2D eigenvalue weighted by atomic mass is 9.79. The van der Waals surface area contributed by atoms with E-state index in [0.29, 0.717) is 6.42 Å². The fourth-order valence-corrected chi connectivity index (χ4v) is 2.58. The van der Waals surface area contributed by atoms with Gasteiger partial charge in [-0.1, -0.05) is 32.1 Å². The van der Waals surface area contributed by atoms with Crippen LogP contribution in [0.3, 0.4) is 0 Å². The van der Waals surface area contributed by atoms with Gasteiger partial charge in [-0.05, 0) is 39.3 Å².